The number of benzene rings is 1. The molecule has 1 aliphatic rings. The molecule has 1 aliphatic heterocycles. The van der Waals surface area contributed by atoms with Crippen molar-refractivity contribution in [3.05, 3.63) is 59.0 Å². The molecule has 2 aromatic heterocycles. The van der Waals surface area contributed by atoms with Crippen LogP contribution in [0.25, 0.3) is 11.1 Å². The van der Waals surface area contributed by atoms with Crippen molar-refractivity contribution < 1.29 is 4.79 Å². The van der Waals surface area contributed by atoms with Crippen molar-refractivity contribution >= 4 is 17.2 Å². The fourth-order valence-electron chi connectivity index (χ4n) is 2.95. The predicted octanol–water partition coefficient (Wildman–Crippen LogP) is 3.09. The van der Waals surface area contributed by atoms with Gasteiger partial charge in [0.05, 0.1) is 18.4 Å². The molecule has 0 N–H and O–H groups in total. The Morgan fingerprint density at radius 2 is 1.87 bits per heavy atom. The third-order valence-corrected chi connectivity index (χ3v) is 4.88. The summed E-state index contributed by atoms with van der Waals surface area (Å²) >= 11 is 1.67. The molecule has 3 aromatic rings. The van der Waals surface area contributed by atoms with Crippen LogP contribution in [-0.2, 0) is 0 Å². The largest absolute Gasteiger partial charge is 0.336 e. The maximum atomic E-state index is 12.6. The van der Waals surface area contributed by atoms with Gasteiger partial charge >= 0.3 is 0 Å². The molecule has 1 saturated heterocycles. The van der Waals surface area contributed by atoms with Crippen molar-refractivity contribution in [2.75, 3.05) is 13.1 Å². The quantitative estimate of drug-likeness (QED) is 0.744. The van der Waals surface area contributed by atoms with Gasteiger partial charge in [-0.05, 0) is 46.5 Å². The van der Waals surface area contributed by atoms with E-state index >= 15 is 0 Å². The Morgan fingerprint density at radius 3 is 2.57 bits per heavy atom. The highest BCUT2D eigenvalue weighted by Crippen LogP contribution is 2.25. The second kappa shape index (κ2) is 5.96. The van der Waals surface area contributed by atoms with E-state index in [1.807, 2.05) is 29.2 Å². The van der Waals surface area contributed by atoms with Crippen LogP contribution in [0.4, 0.5) is 0 Å². The molecule has 1 fully saturated rings. The number of carbonyl (C=O) groups is 1. The fourth-order valence-corrected chi connectivity index (χ4v) is 3.61. The van der Waals surface area contributed by atoms with Crippen molar-refractivity contribution in [3.63, 3.8) is 0 Å². The number of amides is 1. The van der Waals surface area contributed by atoms with E-state index in [1.165, 1.54) is 5.56 Å². The minimum absolute atomic E-state index is 0.0801. The van der Waals surface area contributed by atoms with Gasteiger partial charge < -0.3 is 4.90 Å². The summed E-state index contributed by atoms with van der Waals surface area (Å²) in [5, 5.41) is 12.5. The van der Waals surface area contributed by atoms with E-state index in [0.717, 1.165) is 24.1 Å². The number of nitrogens with zero attached hydrogens (tertiary/aromatic N) is 4. The van der Waals surface area contributed by atoms with E-state index in [9.17, 15) is 4.79 Å². The molecule has 6 heteroatoms. The zero-order valence-corrected chi connectivity index (χ0v) is 13.3. The Labute approximate surface area is 138 Å². The van der Waals surface area contributed by atoms with Crippen molar-refractivity contribution in [2.24, 2.45) is 0 Å². The number of hydrogen-bond donors (Lipinski definition) is 0. The van der Waals surface area contributed by atoms with Crippen molar-refractivity contribution in [2.45, 2.75) is 12.5 Å². The zero-order valence-electron chi connectivity index (χ0n) is 12.5. The van der Waals surface area contributed by atoms with Gasteiger partial charge in [-0.25, -0.2) is 0 Å². The Hall–Kier alpha value is -2.47. The summed E-state index contributed by atoms with van der Waals surface area (Å²) in [6.45, 7) is 1.41. The molecule has 116 valence electrons. The number of carbonyl (C=O) groups excluding carboxylic acids is 1. The van der Waals surface area contributed by atoms with E-state index in [4.69, 9.17) is 0 Å². The highest BCUT2D eigenvalue weighted by molar-refractivity contribution is 7.08. The van der Waals surface area contributed by atoms with E-state index < -0.39 is 0 Å². The number of rotatable bonds is 3. The lowest BCUT2D eigenvalue weighted by atomic mass is 10.1. The first kappa shape index (κ1) is 14.1. The van der Waals surface area contributed by atoms with E-state index in [1.54, 1.807) is 28.5 Å². The second-order valence-electron chi connectivity index (χ2n) is 5.63. The number of aromatic nitrogens is 3. The minimum Gasteiger partial charge on any atom is -0.336 e. The average Bonchev–Trinajstić information content (AvgIpc) is 3.36. The van der Waals surface area contributed by atoms with Gasteiger partial charge in [-0.15, -0.1) is 0 Å². The van der Waals surface area contributed by atoms with Crippen LogP contribution < -0.4 is 0 Å². The smallest absolute Gasteiger partial charge is 0.253 e. The van der Waals surface area contributed by atoms with Crippen LogP contribution in [0.2, 0.25) is 0 Å². The molecule has 1 amide bonds. The van der Waals surface area contributed by atoms with Gasteiger partial charge in [-0.3, -0.25) is 4.79 Å². The Balaban J connectivity index is 1.47. The lowest BCUT2D eigenvalue weighted by Crippen LogP contribution is -2.29. The molecule has 0 radical (unpaired) electrons. The van der Waals surface area contributed by atoms with Crippen molar-refractivity contribution in [3.8, 4) is 11.1 Å². The summed E-state index contributed by atoms with van der Waals surface area (Å²) in [4.78, 5) is 16.2. The minimum atomic E-state index is 0.0801. The van der Waals surface area contributed by atoms with E-state index in [0.29, 0.717) is 6.54 Å². The summed E-state index contributed by atoms with van der Waals surface area (Å²) < 4.78 is 0. The summed E-state index contributed by atoms with van der Waals surface area (Å²) in [5.74, 6) is 0.0801. The average molecular weight is 324 g/mol. The molecule has 3 heterocycles. The number of hydrogen-bond acceptors (Lipinski definition) is 4. The molecule has 0 bridgehead atoms. The van der Waals surface area contributed by atoms with Crippen LogP contribution in [0, 0.1) is 0 Å². The highest BCUT2D eigenvalue weighted by Gasteiger charge is 2.28. The zero-order chi connectivity index (χ0) is 15.6. The Kier molecular flexibility index (Phi) is 3.67. The molecular weight excluding hydrogens is 308 g/mol. The molecule has 1 unspecified atom stereocenters. The molecule has 4 rings (SSSR count). The van der Waals surface area contributed by atoms with Crippen LogP contribution in [0.1, 0.15) is 22.8 Å². The summed E-state index contributed by atoms with van der Waals surface area (Å²) in [7, 11) is 0. The molecule has 1 aromatic carbocycles. The van der Waals surface area contributed by atoms with Crippen LogP contribution >= 0.6 is 11.3 Å². The third kappa shape index (κ3) is 2.77. The summed E-state index contributed by atoms with van der Waals surface area (Å²) in [6, 6.07) is 10.1. The monoisotopic (exact) mass is 324 g/mol. The first-order chi connectivity index (χ1) is 11.3. The van der Waals surface area contributed by atoms with Gasteiger partial charge in [-0.1, -0.05) is 12.1 Å². The lowest BCUT2D eigenvalue weighted by molar-refractivity contribution is 0.0786. The van der Waals surface area contributed by atoms with Crippen LogP contribution in [0.3, 0.4) is 0 Å². The first-order valence-electron chi connectivity index (χ1n) is 7.59. The maximum Gasteiger partial charge on any atom is 0.253 e. The van der Waals surface area contributed by atoms with Crippen LogP contribution in [-0.4, -0.2) is 38.9 Å². The van der Waals surface area contributed by atoms with Gasteiger partial charge in [0.15, 0.2) is 0 Å². The van der Waals surface area contributed by atoms with Gasteiger partial charge in [-0.2, -0.15) is 26.3 Å². The summed E-state index contributed by atoms with van der Waals surface area (Å²) in [6.07, 6.45) is 4.24. The lowest BCUT2D eigenvalue weighted by Gasteiger charge is -2.16. The van der Waals surface area contributed by atoms with Gasteiger partial charge in [0, 0.05) is 18.7 Å². The van der Waals surface area contributed by atoms with E-state index in [2.05, 4.69) is 27.0 Å². The maximum absolute atomic E-state index is 12.6. The molecule has 0 spiro atoms. The molecular formula is C17H16N4OS. The number of thiophene rings is 1. The molecule has 0 saturated carbocycles. The van der Waals surface area contributed by atoms with Crippen LogP contribution in [0.5, 0.6) is 0 Å². The normalized spacial score (nSPS) is 17.6. The number of likely N-dealkylation sites (tertiary alicyclic amines) is 1. The molecule has 5 nitrogen and oxygen atoms in total. The highest BCUT2D eigenvalue weighted by atomic mass is 32.1. The first-order valence-corrected chi connectivity index (χ1v) is 8.53. The third-order valence-electron chi connectivity index (χ3n) is 4.20. The van der Waals surface area contributed by atoms with Crippen molar-refractivity contribution in [1.29, 1.82) is 0 Å². The predicted molar refractivity (Wildman–Crippen MR) is 89.3 cm³/mol. The van der Waals surface area contributed by atoms with Gasteiger partial charge in [0.1, 0.15) is 0 Å². The topological polar surface area (TPSA) is 51.0 Å². The fraction of sp³-hybridized carbons (Fsp3) is 0.235. The SMILES string of the molecule is O=C(c1ccc(-c2ccsc2)cc1)N1CCC(n2nccn2)C1. The van der Waals surface area contributed by atoms with Crippen LogP contribution in [0.15, 0.2) is 53.5 Å². The van der Waals surface area contributed by atoms with Gasteiger partial charge in [0.25, 0.3) is 5.91 Å². The van der Waals surface area contributed by atoms with E-state index in [-0.39, 0.29) is 11.9 Å². The summed E-state index contributed by atoms with van der Waals surface area (Å²) in [5.41, 5.74) is 3.07. The van der Waals surface area contributed by atoms with Gasteiger partial charge in [0.2, 0.25) is 0 Å². The standard InChI is InChI=1S/C17H16N4OS/c22-17(20-9-5-16(11-20)21-18-7-8-19-21)14-3-1-13(2-4-14)15-6-10-23-12-15/h1-4,6-8,10,12,16H,5,9,11H2. The van der Waals surface area contributed by atoms with Crippen molar-refractivity contribution in [1.82, 2.24) is 19.9 Å². The molecule has 0 aliphatic carbocycles. The molecule has 1 atom stereocenters. The Bertz CT molecular complexity index is 781. The second-order valence-corrected chi connectivity index (χ2v) is 6.41. The molecule has 23 heavy (non-hydrogen) atoms. The Morgan fingerprint density at radius 1 is 1.09 bits per heavy atom.